The molecule has 4 nitrogen and oxygen atoms in total. The highest BCUT2D eigenvalue weighted by molar-refractivity contribution is 6.31. The van der Waals surface area contributed by atoms with E-state index in [1.54, 1.807) is 13.1 Å². The van der Waals surface area contributed by atoms with Gasteiger partial charge in [0.15, 0.2) is 0 Å². The lowest BCUT2D eigenvalue weighted by molar-refractivity contribution is 0.282. The zero-order valence-electron chi connectivity index (χ0n) is 13.4. The maximum atomic E-state index is 12.4. The summed E-state index contributed by atoms with van der Waals surface area (Å²) in [7, 11) is 0. The first-order valence-corrected chi connectivity index (χ1v) is 7.94. The van der Waals surface area contributed by atoms with Gasteiger partial charge in [-0.05, 0) is 25.5 Å². The number of halogens is 1. The molecule has 2 N–H and O–H groups in total. The molecule has 5 heteroatoms. The van der Waals surface area contributed by atoms with Gasteiger partial charge in [0, 0.05) is 28.7 Å². The topological polar surface area (TPSA) is 66.0 Å². The van der Waals surface area contributed by atoms with Crippen LogP contribution >= 0.6 is 11.6 Å². The molecule has 2 aromatic heterocycles. The Kier molecular flexibility index (Phi) is 4.51. The van der Waals surface area contributed by atoms with Gasteiger partial charge < -0.3 is 10.1 Å². The van der Waals surface area contributed by atoms with Gasteiger partial charge in [0.25, 0.3) is 0 Å². The number of benzene rings is 1. The summed E-state index contributed by atoms with van der Waals surface area (Å²) in [5, 5.41) is 9.30. The van der Waals surface area contributed by atoms with Crippen LogP contribution in [0.1, 0.15) is 17.0 Å². The van der Waals surface area contributed by atoms with Crippen molar-refractivity contribution in [3.8, 4) is 22.4 Å². The number of aromatic nitrogens is 2. The first-order valence-electron chi connectivity index (χ1n) is 7.57. The molecule has 2 heterocycles. The van der Waals surface area contributed by atoms with Crippen LogP contribution in [0.15, 0.2) is 47.4 Å². The third-order valence-corrected chi connectivity index (χ3v) is 4.45. The molecule has 0 aliphatic carbocycles. The van der Waals surface area contributed by atoms with Crippen LogP contribution < -0.4 is 5.43 Å². The summed E-state index contributed by atoms with van der Waals surface area (Å²) in [5.41, 5.74) is 5.12. The molecule has 0 bridgehead atoms. The van der Waals surface area contributed by atoms with Crippen molar-refractivity contribution in [2.75, 3.05) is 0 Å². The molecule has 0 fully saturated rings. The van der Waals surface area contributed by atoms with Gasteiger partial charge in [-0.25, -0.2) is 0 Å². The number of aryl methyl sites for hydroxylation is 2. The number of aromatic amines is 1. The van der Waals surface area contributed by atoms with Crippen molar-refractivity contribution < 1.29 is 5.11 Å². The summed E-state index contributed by atoms with van der Waals surface area (Å²) in [5.74, 6) is 0. The Labute approximate surface area is 144 Å². The van der Waals surface area contributed by atoms with E-state index in [9.17, 15) is 4.79 Å². The van der Waals surface area contributed by atoms with E-state index in [2.05, 4.69) is 9.97 Å². The van der Waals surface area contributed by atoms with Gasteiger partial charge in [-0.1, -0.05) is 41.9 Å². The second-order valence-corrected chi connectivity index (χ2v) is 6.06. The fourth-order valence-corrected chi connectivity index (χ4v) is 2.83. The summed E-state index contributed by atoms with van der Waals surface area (Å²) in [6.45, 7) is 3.64. The van der Waals surface area contributed by atoms with Gasteiger partial charge in [0.1, 0.15) is 5.02 Å². The summed E-state index contributed by atoms with van der Waals surface area (Å²) in [4.78, 5) is 20.0. The van der Waals surface area contributed by atoms with Crippen molar-refractivity contribution in [3.05, 3.63) is 74.8 Å². The molecule has 3 rings (SSSR count). The summed E-state index contributed by atoms with van der Waals surface area (Å²) in [6, 6.07) is 11.3. The maximum Gasteiger partial charge on any atom is 0.208 e. The lowest BCUT2D eigenvalue weighted by atomic mass is 10.0. The molecular formula is C19H17ClN2O2. The van der Waals surface area contributed by atoms with Crippen LogP contribution in [0.5, 0.6) is 0 Å². The van der Waals surface area contributed by atoms with Gasteiger partial charge >= 0.3 is 0 Å². The third kappa shape index (κ3) is 2.98. The number of aliphatic hydroxyl groups is 1. The van der Waals surface area contributed by atoms with Gasteiger partial charge in [-0.3, -0.25) is 9.78 Å². The van der Waals surface area contributed by atoms with Gasteiger partial charge in [-0.15, -0.1) is 0 Å². The molecule has 0 saturated heterocycles. The van der Waals surface area contributed by atoms with Crippen LogP contribution in [0, 0.1) is 13.8 Å². The average molecular weight is 341 g/mol. The number of hydrogen-bond donors (Lipinski definition) is 2. The number of nitrogens with one attached hydrogen (secondary N) is 1. The van der Waals surface area contributed by atoms with Crippen LogP contribution in [0.4, 0.5) is 0 Å². The monoisotopic (exact) mass is 340 g/mol. The Morgan fingerprint density at radius 2 is 1.71 bits per heavy atom. The first kappa shape index (κ1) is 16.4. The summed E-state index contributed by atoms with van der Waals surface area (Å²) in [6.07, 6.45) is 1.68. The van der Waals surface area contributed by atoms with Crippen LogP contribution in [-0.4, -0.2) is 15.1 Å². The van der Waals surface area contributed by atoms with E-state index in [1.807, 2.05) is 43.3 Å². The van der Waals surface area contributed by atoms with Crippen LogP contribution in [0.25, 0.3) is 22.4 Å². The number of H-pyrrole nitrogens is 1. The highest BCUT2D eigenvalue weighted by Crippen LogP contribution is 2.24. The van der Waals surface area contributed by atoms with E-state index in [1.165, 1.54) is 0 Å². The third-order valence-electron chi connectivity index (χ3n) is 3.99. The largest absolute Gasteiger partial charge is 0.392 e. The Morgan fingerprint density at radius 1 is 1.04 bits per heavy atom. The minimum Gasteiger partial charge on any atom is -0.392 e. The van der Waals surface area contributed by atoms with Crippen molar-refractivity contribution in [1.29, 1.82) is 0 Å². The van der Waals surface area contributed by atoms with Crippen molar-refractivity contribution in [2.24, 2.45) is 0 Å². The molecule has 0 unspecified atom stereocenters. The predicted octanol–water partition coefficient (Wildman–Crippen LogP) is 3.87. The molecule has 3 aromatic rings. The fourth-order valence-electron chi connectivity index (χ4n) is 2.69. The number of hydrogen-bond acceptors (Lipinski definition) is 3. The zero-order chi connectivity index (χ0) is 17.3. The van der Waals surface area contributed by atoms with Crippen molar-refractivity contribution in [3.63, 3.8) is 0 Å². The lowest BCUT2D eigenvalue weighted by Crippen LogP contribution is -2.11. The van der Waals surface area contributed by atoms with Crippen molar-refractivity contribution in [1.82, 2.24) is 9.97 Å². The molecule has 122 valence electrons. The number of rotatable bonds is 3. The second kappa shape index (κ2) is 6.59. The minimum atomic E-state index is -0.188. The Bertz CT molecular complexity index is 929. The van der Waals surface area contributed by atoms with E-state index < -0.39 is 0 Å². The molecule has 0 amide bonds. The van der Waals surface area contributed by atoms with Gasteiger partial charge in [-0.2, -0.15) is 0 Å². The summed E-state index contributed by atoms with van der Waals surface area (Å²) >= 11 is 6.08. The average Bonchev–Trinajstić information content (AvgIpc) is 2.60. The molecule has 0 saturated carbocycles. The molecule has 0 atom stereocenters. The molecule has 0 radical (unpaired) electrons. The lowest BCUT2D eigenvalue weighted by Gasteiger charge is -2.09. The van der Waals surface area contributed by atoms with E-state index in [-0.39, 0.29) is 17.1 Å². The smallest absolute Gasteiger partial charge is 0.208 e. The zero-order valence-corrected chi connectivity index (χ0v) is 14.2. The van der Waals surface area contributed by atoms with Gasteiger partial charge in [0.05, 0.1) is 17.9 Å². The Balaban J connectivity index is 2.01. The molecular weight excluding hydrogens is 324 g/mol. The standard InChI is InChI=1S/C19H17ClN2O2/c1-11-17(19(24)18(20)12(2)22-11)15-7-8-16(21-9-15)14-5-3-13(10-23)4-6-14/h3-9,23H,10H2,1-2H3,(H,22,24). The molecule has 0 aliphatic rings. The Hall–Kier alpha value is -2.43. The molecule has 24 heavy (non-hydrogen) atoms. The second-order valence-electron chi connectivity index (χ2n) is 5.68. The van der Waals surface area contributed by atoms with E-state index in [0.29, 0.717) is 11.3 Å². The molecule has 0 spiro atoms. The number of aliphatic hydroxyl groups excluding tert-OH is 1. The van der Waals surface area contributed by atoms with E-state index in [4.69, 9.17) is 16.7 Å². The SMILES string of the molecule is Cc1[nH]c(C)c(-c2ccc(-c3ccc(CO)cc3)nc2)c(=O)c1Cl. The highest BCUT2D eigenvalue weighted by Gasteiger charge is 2.13. The van der Waals surface area contributed by atoms with E-state index >= 15 is 0 Å². The van der Waals surface area contributed by atoms with E-state index in [0.717, 1.165) is 28.1 Å². The minimum absolute atomic E-state index is 0.0167. The van der Waals surface area contributed by atoms with Crippen molar-refractivity contribution in [2.45, 2.75) is 20.5 Å². The van der Waals surface area contributed by atoms with Gasteiger partial charge in [0.2, 0.25) is 5.43 Å². The molecule has 0 aliphatic heterocycles. The summed E-state index contributed by atoms with van der Waals surface area (Å²) < 4.78 is 0. The number of pyridine rings is 2. The van der Waals surface area contributed by atoms with Crippen LogP contribution in [-0.2, 0) is 6.61 Å². The van der Waals surface area contributed by atoms with Crippen LogP contribution in [0.2, 0.25) is 5.02 Å². The quantitative estimate of drug-likeness (QED) is 0.760. The predicted molar refractivity (Wildman–Crippen MR) is 96.1 cm³/mol. The maximum absolute atomic E-state index is 12.4. The fraction of sp³-hybridized carbons (Fsp3) is 0.158. The normalized spacial score (nSPS) is 10.8. The molecule has 1 aromatic carbocycles. The number of nitrogens with zero attached hydrogens (tertiary/aromatic N) is 1. The van der Waals surface area contributed by atoms with Crippen molar-refractivity contribution >= 4 is 11.6 Å². The first-order chi connectivity index (χ1) is 11.5. The van der Waals surface area contributed by atoms with Crippen LogP contribution in [0.3, 0.4) is 0 Å². The Morgan fingerprint density at radius 3 is 2.29 bits per heavy atom. The highest BCUT2D eigenvalue weighted by atomic mass is 35.5.